The van der Waals surface area contributed by atoms with Crippen molar-refractivity contribution in [1.82, 2.24) is 9.80 Å². The number of aryl methyl sites for hydroxylation is 1. The fourth-order valence-electron chi connectivity index (χ4n) is 4.45. The van der Waals surface area contributed by atoms with E-state index in [1.165, 1.54) is 12.0 Å². The standard InChI is InChI=1S/C27H34N2O6/c1-7-28(8-2)13-14-29-24(20-11-10-19(33-4)16-22(20)35-6)23(26(31)27(29)32)25(30)18-9-12-21(34-5)17(3)15-18/h9-12,15-16,24,30H,7-8,13-14H2,1-6H3/b25-23+. The number of carbonyl (C=O) groups excluding carboxylic acids is 2. The van der Waals surface area contributed by atoms with Crippen molar-refractivity contribution in [3.8, 4) is 17.2 Å². The Kier molecular flexibility index (Phi) is 8.40. The Morgan fingerprint density at radius 2 is 1.66 bits per heavy atom. The van der Waals surface area contributed by atoms with Gasteiger partial charge in [-0.05, 0) is 55.9 Å². The summed E-state index contributed by atoms with van der Waals surface area (Å²) in [4.78, 5) is 30.3. The maximum atomic E-state index is 13.3. The zero-order valence-electron chi connectivity index (χ0n) is 21.3. The van der Waals surface area contributed by atoms with Crippen LogP contribution in [0.3, 0.4) is 0 Å². The summed E-state index contributed by atoms with van der Waals surface area (Å²) in [6, 6.07) is 9.55. The van der Waals surface area contributed by atoms with Crippen molar-refractivity contribution < 1.29 is 28.9 Å². The molecule has 1 saturated heterocycles. The molecule has 1 amide bonds. The Bertz CT molecular complexity index is 1120. The molecule has 3 rings (SSSR count). The van der Waals surface area contributed by atoms with Crippen molar-refractivity contribution in [1.29, 1.82) is 0 Å². The molecular formula is C27H34N2O6. The van der Waals surface area contributed by atoms with Crippen molar-refractivity contribution in [3.05, 3.63) is 58.7 Å². The number of ketones is 1. The molecular weight excluding hydrogens is 448 g/mol. The molecule has 1 N–H and O–H groups in total. The molecule has 8 nitrogen and oxygen atoms in total. The van der Waals surface area contributed by atoms with Crippen LogP contribution in [0, 0.1) is 6.92 Å². The molecule has 1 unspecified atom stereocenters. The highest BCUT2D eigenvalue weighted by Crippen LogP contribution is 2.43. The van der Waals surface area contributed by atoms with Gasteiger partial charge in [0.1, 0.15) is 23.0 Å². The van der Waals surface area contributed by atoms with E-state index in [9.17, 15) is 14.7 Å². The number of hydrogen-bond acceptors (Lipinski definition) is 7. The van der Waals surface area contributed by atoms with Crippen LogP contribution in [-0.4, -0.2) is 74.1 Å². The fourth-order valence-corrected chi connectivity index (χ4v) is 4.45. The minimum atomic E-state index is -0.811. The summed E-state index contributed by atoms with van der Waals surface area (Å²) in [7, 11) is 4.64. The molecule has 1 atom stereocenters. The maximum absolute atomic E-state index is 13.3. The molecule has 0 aliphatic carbocycles. The first kappa shape index (κ1) is 26.1. The summed E-state index contributed by atoms with van der Waals surface area (Å²) in [5, 5.41) is 11.3. The smallest absolute Gasteiger partial charge is 0.295 e. The Labute approximate surface area is 206 Å². The fraction of sp³-hybridized carbons (Fsp3) is 0.407. The van der Waals surface area contributed by atoms with Gasteiger partial charge in [-0.2, -0.15) is 0 Å². The highest BCUT2D eigenvalue weighted by atomic mass is 16.5. The van der Waals surface area contributed by atoms with E-state index in [0.717, 1.165) is 18.7 Å². The lowest BCUT2D eigenvalue weighted by Crippen LogP contribution is -2.38. The van der Waals surface area contributed by atoms with Crippen molar-refractivity contribution in [2.75, 3.05) is 47.5 Å². The van der Waals surface area contributed by atoms with Crippen LogP contribution < -0.4 is 14.2 Å². The van der Waals surface area contributed by atoms with Gasteiger partial charge in [0.2, 0.25) is 0 Å². The lowest BCUT2D eigenvalue weighted by atomic mass is 9.94. The van der Waals surface area contributed by atoms with Crippen molar-refractivity contribution in [2.45, 2.75) is 26.8 Å². The van der Waals surface area contributed by atoms with Crippen LogP contribution in [0.4, 0.5) is 0 Å². The van der Waals surface area contributed by atoms with E-state index >= 15 is 0 Å². The zero-order valence-corrected chi connectivity index (χ0v) is 21.3. The maximum Gasteiger partial charge on any atom is 0.295 e. The van der Waals surface area contributed by atoms with Crippen LogP contribution >= 0.6 is 0 Å². The highest BCUT2D eigenvalue weighted by Gasteiger charge is 2.47. The van der Waals surface area contributed by atoms with Crippen LogP contribution in [0.25, 0.3) is 5.76 Å². The van der Waals surface area contributed by atoms with E-state index in [2.05, 4.69) is 4.90 Å². The molecule has 188 valence electrons. The molecule has 0 aromatic heterocycles. The molecule has 2 aromatic carbocycles. The van der Waals surface area contributed by atoms with E-state index in [-0.39, 0.29) is 11.3 Å². The number of ether oxygens (including phenoxy) is 3. The number of aliphatic hydroxyl groups is 1. The van der Waals surface area contributed by atoms with Gasteiger partial charge < -0.3 is 29.1 Å². The third kappa shape index (κ3) is 5.12. The molecule has 1 heterocycles. The van der Waals surface area contributed by atoms with Gasteiger partial charge in [-0.3, -0.25) is 9.59 Å². The number of benzene rings is 2. The van der Waals surface area contributed by atoms with E-state index in [0.29, 0.717) is 41.5 Å². The van der Waals surface area contributed by atoms with Gasteiger partial charge in [0, 0.05) is 30.3 Å². The molecule has 0 radical (unpaired) electrons. The van der Waals surface area contributed by atoms with Gasteiger partial charge in [0.25, 0.3) is 11.7 Å². The minimum Gasteiger partial charge on any atom is -0.507 e. The molecule has 0 bridgehead atoms. The van der Waals surface area contributed by atoms with Crippen molar-refractivity contribution >= 4 is 17.4 Å². The number of likely N-dealkylation sites (tertiary alicyclic amines) is 1. The average Bonchev–Trinajstić information content (AvgIpc) is 3.13. The quantitative estimate of drug-likeness (QED) is 0.313. The lowest BCUT2D eigenvalue weighted by molar-refractivity contribution is -0.140. The van der Waals surface area contributed by atoms with E-state index in [1.54, 1.807) is 50.6 Å². The number of hydrogen-bond donors (Lipinski definition) is 1. The summed E-state index contributed by atoms with van der Waals surface area (Å²) in [5.41, 5.74) is 1.86. The first-order valence-corrected chi connectivity index (χ1v) is 11.7. The summed E-state index contributed by atoms with van der Waals surface area (Å²) in [6.07, 6.45) is 0. The predicted molar refractivity (Wildman–Crippen MR) is 134 cm³/mol. The van der Waals surface area contributed by atoms with Gasteiger partial charge in [0.05, 0.1) is 32.9 Å². The third-order valence-electron chi connectivity index (χ3n) is 6.50. The van der Waals surface area contributed by atoms with E-state index < -0.39 is 17.7 Å². The van der Waals surface area contributed by atoms with Crippen molar-refractivity contribution in [2.24, 2.45) is 0 Å². The lowest BCUT2D eigenvalue weighted by Gasteiger charge is -2.29. The third-order valence-corrected chi connectivity index (χ3v) is 6.50. The van der Waals surface area contributed by atoms with Gasteiger partial charge in [-0.15, -0.1) is 0 Å². The molecule has 2 aromatic rings. The second-order valence-electron chi connectivity index (χ2n) is 8.31. The first-order chi connectivity index (χ1) is 16.8. The molecule has 35 heavy (non-hydrogen) atoms. The Morgan fingerprint density at radius 3 is 2.23 bits per heavy atom. The van der Waals surface area contributed by atoms with Crippen LogP contribution in [0.1, 0.15) is 36.6 Å². The predicted octanol–water partition coefficient (Wildman–Crippen LogP) is 3.78. The van der Waals surface area contributed by atoms with E-state index in [4.69, 9.17) is 14.2 Å². The van der Waals surface area contributed by atoms with Crippen LogP contribution in [0.2, 0.25) is 0 Å². The number of rotatable bonds is 10. The molecule has 0 spiro atoms. The Hall–Kier alpha value is -3.52. The van der Waals surface area contributed by atoms with Gasteiger partial charge in [-0.25, -0.2) is 0 Å². The monoisotopic (exact) mass is 482 g/mol. The SMILES string of the molecule is CCN(CC)CCN1C(=O)C(=O)/C(=C(/O)c2ccc(OC)c(C)c2)C1c1ccc(OC)cc1OC. The normalized spacial score (nSPS) is 17.2. The van der Waals surface area contributed by atoms with Crippen LogP contribution in [-0.2, 0) is 9.59 Å². The number of carbonyl (C=O) groups is 2. The van der Waals surface area contributed by atoms with E-state index in [1.807, 2.05) is 20.8 Å². The molecule has 1 aliphatic rings. The number of nitrogens with zero attached hydrogens (tertiary/aromatic N) is 2. The van der Waals surface area contributed by atoms with Gasteiger partial charge >= 0.3 is 0 Å². The molecule has 0 saturated carbocycles. The Balaban J connectivity index is 2.19. The summed E-state index contributed by atoms with van der Waals surface area (Å²) < 4.78 is 16.3. The first-order valence-electron chi connectivity index (χ1n) is 11.7. The zero-order chi connectivity index (χ0) is 25.7. The number of methoxy groups -OCH3 is 3. The average molecular weight is 483 g/mol. The number of aliphatic hydroxyl groups excluding tert-OH is 1. The summed E-state index contributed by atoms with van der Waals surface area (Å²) >= 11 is 0. The van der Waals surface area contributed by atoms with Gasteiger partial charge in [-0.1, -0.05) is 13.8 Å². The highest BCUT2D eigenvalue weighted by molar-refractivity contribution is 6.46. The Morgan fingerprint density at radius 1 is 0.971 bits per heavy atom. The number of likely N-dealkylation sites (N-methyl/N-ethyl adjacent to an activating group) is 1. The minimum absolute atomic E-state index is 0.0302. The summed E-state index contributed by atoms with van der Waals surface area (Å²) in [5.74, 6) is 0.0967. The largest absolute Gasteiger partial charge is 0.507 e. The molecule has 8 heteroatoms. The van der Waals surface area contributed by atoms with Crippen molar-refractivity contribution in [3.63, 3.8) is 0 Å². The number of Topliss-reactive ketones (excluding diaryl/α,β-unsaturated/α-hetero) is 1. The topological polar surface area (TPSA) is 88.5 Å². The van der Waals surface area contributed by atoms with Gasteiger partial charge in [0.15, 0.2) is 0 Å². The van der Waals surface area contributed by atoms with Crippen LogP contribution in [0.15, 0.2) is 42.0 Å². The second-order valence-corrected chi connectivity index (χ2v) is 8.31. The summed E-state index contributed by atoms with van der Waals surface area (Å²) in [6.45, 7) is 8.51. The molecule has 1 aliphatic heterocycles. The van der Waals surface area contributed by atoms with Crippen LogP contribution in [0.5, 0.6) is 17.2 Å². The second kappa shape index (κ2) is 11.3. The molecule has 1 fully saturated rings. The number of amides is 1.